The Kier molecular flexibility index (Phi) is 4.45. The van der Waals surface area contributed by atoms with E-state index in [-0.39, 0.29) is 0 Å². The number of anilines is 1. The van der Waals surface area contributed by atoms with Gasteiger partial charge in [-0.1, -0.05) is 37.3 Å². The van der Waals surface area contributed by atoms with Gasteiger partial charge in [-0.2, -0.15) is 0 Å². The monoisotopic (exact) mass is 255 g/mol. The third-order valence-corrected chi connectivity index (χ3v) is 3.37. The summed E-state index contributed by atoms with van der Waals surface area (Å²) in [5, 5.41) is 3.55. The lowest BCUT2D eigenvalue weighted by atomic mass is 10.1. The van der Waals surface area contributed by atoms with E-state index >= 15 is 0 Å². The lowest BCUT2D eigenvalue weighted by Gasteiger charge is -2.14. The van der Waals surface area contributed by atoms with Crippen LogP contribution in [-0.4, -0.2) is 7.11 Å². The van der Waals surface area contributed by atoms with E-state index in [1.54, 1.807) is 7.11 Å². The molecule has 0 aliphatic carbocycles. The van der Waals surface area contributed by atoms with Gasteiger partial charge in [0.05, 0.1) is 7.11 Å². The summed E-state index contributed by atoms with van der Waals surface area (Å²) >= 11 is 0. The molecule has 0 fully saturated rings. The summed E-state index contributed by atoms with van der Waals surface area (Å²) in [6.07, 6.45) is 1.05. The average Bonchev–Trinajstić information content (AvgIpc) is 2.46. The fourth-order valence-electron chi connectivity index (χ4n) is 2.21. The van der Waals surface area contributed by atoms with Gasteiger partial charge in [0.1, 0.15) is 5.75 Å². The Bertz CT molecular complexity index is 531. The van der Waals surface area contributed by atoms with Crippen LogP contribution in [-0.2, 0) is 13.0 Å². The zero-order valence-corrected chi connectivity index (χ0v) is 11.9. The summed E-state index contributed by atoms with van der Waals surface area (Å²) in [6.45, 7) is 5.17. The topological polar surface area (TPSA) is 21.3 Å². The molecule has 0 radical (unpaired) electrons. The van der Waals surface area contributed by atoms with Crippen molar-refractivity contribution in [2.24, 2.45) is 0 Å². The van der Waals surface area contributed by atoms with Crippen molar-refractivity contribution >= 4 is 5.69 Å². The zero-order valence-electron chi connectivity index (χ0n) is 11.9. The fraction of sp³-hybridized carbons (Fsp3) is 0.294. The van der Waals surface area contributed by atoms with Gasteiger partial charge < -0.3 is 10.1 Å². The van der Waals surface area contributed by atoms with E-state index in [1.807, 2.05) is 12.1 Å². The first-order valence-corrected chi connectivity index (χ1v) is 6.70. The quantitative estimate of drug-likeness (QED) is 0.865. The molecular formula is C17H21NO. The normalized spacial score (nSPS) is 10.3. The Morgan fingerprint density at radius 1 is 1.05 bits per heavy atom. The van der Waals surface area contributed by atoms with Crippen LogP contribution >= 0.6 is 0 Å². The summed E-state index contributed by atoms with van der Waals surface area (Å²) in [5.74, 6) is 0.897. The first-order valence-electron chi connectivity index (χ1n) is 6.70. The zero-order chi connectivity index (χ0) is 13.7. The van der Waals surface area contributed by atoms with Crippen LogP contribution in [0, 0.1) is 6.92 Å². The maximum Gasteiger partial charge on any atom is 0.118 e. The van der Waals surface area contributed by atoms with Crippen molar-refractivity contribution in [3.05, 3.63) is 59.2 Å². The van der Waals surface area contributed by atoms with Crippen LogP contribution in [0.2, 0.25) is 0 Å². The predicted octanol–water partition coefficient (Wildman–Crippen LogP) is 4.18. The second-order valence-corrected chi connectivity index (χ2v) is 4.66. The third kappa shape index (κ3) is 3.28. The molecule has 1 N–H and O–H groups in total. The SMILES string of the molecule is CCc1cccc(C)c1NCc1ccc(OC)cc1. The van der Waals surface area contributed by atoms with Crippen LogP contribution in [0.5, 0.6) is 5.75 Å². The van der Waals surface area contributed by atoms with Crippen LogP contribution in [0.1, 0.15) is 23.6 Å². The van der Waals surface area contributed by atoms with Gasteiger partial charge in [0.25, 0.3) is 0 Å². The molecule has 0 unspecified atom stereocenters. The molecule has 0 aliphatic rings. The first-order chi connectivity index (χ1) is 9.24. The number of methoxy groups -OCH3 is 1. The third-order valence-electron chi connectivity index (χ3n) is 3.37. The van der Waals surface area contributed by atoms with Gasteiger partial charge >= 0.3 is 0 Å². The molecule has 100 valence electrons. The van der Waals surface area contributed by atoms with Crippen molar-refractivity contribution in [2.45, 2.75) is 26.8 Å². The second kappa shape index (κ2) is 6.28. The minimum atomic E-state index is 0.835. The first kappa shape index (κ1) is 13.5. The number of benzene rings is 2. The molecule has 2 heteroatoms. The van der Waals surface area contributed by atoms with Gasteiger partial charge in [-0.25, -0.2) is 0 Å². The molecule has 0 saturated heterocycles. The molecule has 0 heterocycles. The van der Waals surface area contributed by atoms with Crippen LogP contribution < -0.4 is 10.1 Å². The standard InChI is InChI=1S/C17H21NO/c1-4-15-7-5-6-13(2)17(15)18-12-14-8-10-16(19-3)11-9-14/h5-11,18H,4,12H2,1-3H3. The van der Waals surface area contributed by atoms with E-state index in [0.29, 0.717) is 0 Å². The molecule has 0 aromatic heterocycles. The van der Waals surface area contributed by atoms with Crippen LogP contribution in [0.3, 0.4) is 0 Å². The number of rotatable bonds is 5. The molecule has 2 nitrogen and oxygen atoms in total. The maximum atomic E-state index is 5.17. The highest BCUT2D eigenvalue weighted by Crippen LogP contribution is 2.22. The minimum Gasteiger partial charge on any atom is -0.497 e. The molecule has 2 rings (SSSR count). The van der Waals surface area contributed by atoms with Crippen molar-refractivity contribution in [3.63, 3.8) is 0 Å². The van der Waals surface area contributed by atoms with Crippen molar-refractivity contribution in [1.29, 1.82) is 0 Å². The highest BCUT2D eigenvalue weighted by Gasteiger charge is 2.03. The highest BCUT2D eigenvalue weighted by molar-refractivity contribution is 5.57. The molecule has 0 saturated carbocycles. The van der Waals surface area contributed by atoms with Crippen molar-refractivity contribution < 1.29 is 4.74 Å². The van der Waals surface area contributed by atoms with Crippen LogP contribution in [0.25, 0.3) is 0 Å². The van der Waals surface area contributed by atoms with Gasteiger partial charge in [-0.15, -0.1) is 0 Å². The molecule has 19 heavy (non-hydrogen) atoms. The Morgan fingerprint density at radius 2 is 1.79 bits per heavy atom. The summed E-state index contributed by atoms with van der Waals surface area (Å²) in [6, 6.07) is 14.6. The molecule has 0 spiro atoms. The minimum absolute atomic E-state index is 0.835. The number of nitrogens with one attached hydrogen (secondary N) is 1. The molecule has 0 atom stereocenters. The Balaban J connectivity index is 2.09. The molecule has 0 amide bonds. The van der Waals surface area contributed by atoms with E-state index in [4.69, 9.17) is 4.74 Å². The van der Waals surface area contributed by atoms with E-state index in [2.05, 4.69) is 49.5 Å². The number of hydrogen-bond donors (Lipinski definition) is 1. The Morgan fingerprint density at radius 3 is 2.42 bits per heavy atom. The van der Waals surface area contributed by atoms with Crippen molar-refractivity contribution in [3.8, 4) is 5.75 Å². The number of aryl methyl sites for hydroxylation is 2. The number of hydrogen-bond acceptors (Lipinski definition) is 2. The largest absolute Gasteiger partial charge is 0.497 e. The van der Waals surface area contributed by atoms with Crippen LogP contribution in [0.15, 0.2) is 42.5 Å². The smallest absolute Gasteiger partial charge is 0.118 e. The second-order valence-electron chi connectivity index (χ2n) is 4.66. The highest BCUT2D eigenvalue weighted by atomic mass is 16.5. The lowest BCUT2D eigenvalue weighted by Crippen LogP contribution is -2.04. The Labute approximate surface area is 115 Å². The van der Waals surface area contributed by atoms with Gasteiger partial charge in [-0.05, 0) is 42.2 Å². The fourth-order valence-corrected chi connectivity index (χ4v) is 2.21. The molecule has 2 aromatic rings. The van der Waals surface area contributed by atoms with E-state index in [1.165, 1.54) is 22.4 Å². The van der Waals surface area contributed by atoms with Crippen molar-refractivity contribution in [2.75, 3.05) is 12.4 Å². The van der Waals surface area contributed by atoms with Gasteiger partial charge in [-0.3, -0.25) is 0 Å². The van der Waals surface area contributed by atoms with E-state index in [0.717, 1.165) is 18.7 Å². The van der Waals surface area contributed by atoms with Gasteiger partial charge in [0.15, 0.2) is 0 Å². The Hall–Kier alpha value is -1.96. The van der Waals surface area contributed by atoms with Crippen LogP contribution in [0.4, 0.5) is 5.69 Å². The summed E-state index contributed by atoms with van der Waals surface area (Å²) < 4.78 is 5.17. The lowest BCUT2D eigenvalue weighted by molar-refractivity contribution is 0.414. The molecular weight excluding hydrogens is 234 g/mol. The summed E-state index contributed by atoms with van der Waals surface area (Å²) in [7, 11) is 1.69. The van der Waals surface area contributed by atoms with Gasteiger partial charge in [0.2, 0.25) is 0 Å². The number of para-hydroxylation sites is 1. The van der Waals surface area contributed by atoms with E-state index in [9.17, 15) is 0 Å². The maximum absolute atomic E-state index is 5.17. The van der Waals surface area contributed by atoms with Crippen molar-refractivity contribution in [1.82, 2.24) is 0 Å². The predicted molar refractivity (Wildman–Crippen MR) is 80.9 cm³/mol. The average molecular weight is 255 g/mol. The summed E-state index contributed by atoms with van der Waals surface area (Å²) in [4.78, 5) is 0. The molecule has 0 bridgehead atoms. The molecule has 0 aliphatic heterocycles. The van der Waals surface area contributed by atoms with E-state index < -0.39 is 0 Å². The summed E-state index contributed by atoms with van der Waals surface area (Å²) in [5.41, 5.74) is 5.19. The molecule has 2 aromatic carbocycles. The number of ether oxygens (including phenoxy) is 1. The van der Waals surface area contributed by atoms with Gasteiger partial charge in [0, 0.05) is 12.2 Å².